The molecule has 0 aromatic rings. The summed E-state index contributed by atoms with van der Waals surface area (Å²) in [7, 11) is 0. The first kappa shape index (κ1) is 11.7. The molecule has 0 bridgehead atoms. The molecule has 0 saturated carbocycles. The molecule has 2 fully saturated rings. The SMILES string of the molecule is CC1CC(NCC2CCCCS2)CCO1. The highest BCUT2D eigenvalue weighted by Crippen LogP contribution is 2.24. The molecule has 0 aromatic heterocycles. The average molecular weight is 229 g/mol. The molecule has 0 aliphatic carbocycles. The fraction of sp³-hybridized carbons (Fsp3) is 1.00. The predicted molar refractivity (Wildman–Crippen MR) is 66.5 cm³/mol. The van der Waals surface area contributed by atoms with Crippen LogP contribution in [0.4, 0.5) is 0 Å². The molecular formula is C12H23NOS. The van der Waals surface area contributed by atoms with E-state index in [4.69, 9.17) is 4.74 Å². The molecule has 2 aliphatic rings. The highest BCUT2D eigenvalue weighted by atomic mass is 32.2. The van der Waals surface area contributed by atoms with Gasteiger partial charge in [-0.05, 0) is 38.4 Å². The van der Waals surface area contributed by atoms with Crippen LogP contribution in [0.2, 0.25) is 0 Å². The molecule has 3 heteroatoms. The second-order valence-electron chi connectivity index (χ2n) is 4.80. The molecule has 0 amide bonds. The zero-order valence-electron chi connectivity index (χ0n) is 9.71. The van der Waals surface area contributed by atoms with Crippen LogP contribution in [-0.4, -0.2) is 36.3 Å². The number of hydrogen-bond donors (Lipinski definition) is 1. The molecular weight excluding hydrogens is 206 g/mol. The van der Waals surface area contributed by atoms with Crippen molar-refractivity contribution in [2.24, 2.45) is 0 Å². The lowest BCUT2D eigenvalue weighted by atomic mass is 10.0. The highest BCUT2D eigenvalue weighted by molar-refractivity contribution is 7.99. The van der Waals surface area contributed by atoms with Gasteiger partial charge in [0.2, 0.25) is 0 Å². The van der Waals surface area contributed by atoms with E-state index in [1.165, 1.54) is 44.4 Å². The topological polar surface area (TPSA) is 21.3 Å². The van der Waals surface area contributed by atoms with Gasteiger partial charge in [-0.2, -0.15) is 11.8 Å². The standard InChI is InChI=1S/C12H23NOS/c1-10-8-11(5-6-14-10)13-9-12-4-2-3-7-15-12/h10-13H,2-9H2,1H3. The second-order valence-corrected chi connectivity index (χ2v) is 6.21. The van der Waals surface area contributed by atoms with Crippen LogP contribution in [-0.2, 0) is 4.74 Å². The van der Waals surface area contributed by atoms with E-state index in [-0.39, 0.29) is 0 Å². The molecule has 2 aliphatic heterocycles. The summed E-state index contributed by atoms with van der Waals surface area (Å²) in [5.74, 6) is 1.37. The van der Waals surface area contributed by atoms with Crippen LogP contribution in [0.3, 0.4) is 0 Å². The number of hydrogen-bond acceptors (Lipinski definition) is 3. The van der Waals surface area contributed by atoms with Crippen LogP contribution in [0.5, 0.6) is 0 Å². The Bertz CT molecular complexity index is 182. The summed E-state index contributed by atoms with van der Waals surface area (Å²) in [6.07, 6.45) is 7.12. The molecule has 3 atom stereocenters. The van der Waals surface area contributed by atoms with Gasteiger partial charge in [-0.25, -0.2) is 0 Å². The molecule has 2 rings (SSSR count). The summed E-state index contributed by atoms with van der Waals surface area (Å²) >= 11 is 2.16. The minimum atomic E-state index is 0.454. The molecule has 0 radical (unpaired) electrons. The first-order valence-electron chi connectivity index (χ1n) is 6.31. The van der Waals surface area contributed by atoms with Gasteiger partial charge in [0, 0.05) is 24.4 Å². The Morgan fingerprint density at radius 2 is 2.27 bits per heavy atom. The van der Waals surface area contributed by atoms with Crippen molar-refractivity contribution in [1.29, 1.82) is 0 Å². The third-order valence-corrected chi connectivity index (χ3v) is 4.79. The molecule has 3 unspecified atom stereocenters. The number of ether oxygens (including phenoxy) is 1. The summed E-state index contributed by atoms with van der Waals surface area (Å²) in [4.78, 5) is 0. The third-order valence-electron chi connectivity index (χ3n) is 3.39. The van der Waals surface area contributed by atoms with Gasteiger partial charge < -0.3 is 10.1 Å². The summed E-state index contributed by atoms with van der Waals surface area (Å²) in [6.45, 7) is 4.34. The monoisotopic (exact) mass is 229 g/mol. The Morgan fingerprint density at radius 1 is 1.33 bits per heavy atom. The first-order valence-corrected chi connectivity index (χ1v) is 7.36. The van der Waals surface area contributed by atoms with Gasteiger partial charge in [0.1, 0.15) is 0 Å². The zero-order chi connectivity index (χ0) is 10.5. The van der Waals surface area contributed by atoms with Gasteiger partial charge in [0.05, 0.1) is 6.10 Å². The van der Waals surface area contributed by atoms with E-state index in [0.717, 1.165) is 11.9 Å². The van der Waals surface area contributed by atoms with Crippen molar-refractivity contribution in [1.82, 2.24) is 5.32 Å². The van der Waals surface area contributed by atoms with E-state index in [9.17, 15) is 0 Å². The lowest BCUT2D eigenvalue weighted by Gasteiger charge is -2.30. The number of rotatable bonds is 3. The van der Waals surface area contributed by atoms with Crippen molar-refractivity contribution < 1.29 is 4.74 Å². The quantitative estimate of drug-likeness (QED) is 0.803. The highest BCUT2D eigenvalue weighted by Gasteiger charge is 2.20. The Kier molecular flexibility index (Phi) is 4.79. The summed E-state index contributed by atoms with van der Waals surface area (Å²) < 4.78 is 5.55. The van der Waals surface area contributed by atoms with Crippen LogP contribution in [0.15, 0.2) is 0 Å². The first-order chi connectivity index (χ1) is 7.34. The molecule has 15 heavy (non-hydrogen) atoms. The largest absolute Gasteiger partial charge is 0.378 e. The zero-order valence-corrected chi connectivity index (χ0v) is 10.5. The summed E-state index contributed by atoms with van der Waals surface area (Å²) in [5, 5.41) is 4.59. The van der Waals surface area contributed by atoms with Gasteiger partial charge in [-0.3, -0.25) is 0 Å². The predicted octanol–water partition coefficient (Wildman–Crippen LogP) is 2.43. The number of thioether (sulfide) groups is 1. The van der Waals surface area contributed by atoms with Gasteiger partial charge in [-0.15, -0.1) is 0 Å². The van der Waals surface area contributed by atoms with Crippen molar-refractivity contribution in [3.05, 3.63) is 0 Å². The molecule has 88 valence electrons. The maximum atomic E-state index is 5.55. The van der Waals surface area contributed by atoms with Gasteiger partial charge in [-0.1, -0.05) is 6.42 Å². The lowest BCUT2D eigenvalue weighted by Crippen LogP contribution is -2.41. The summed E-state index contributed by atoms with van der Waals surface area (Å²) in [5.41, 5.74) is 0. The Hall–Kier alpha value is 0.270. The van der Waals surface area contributed by atoms with Crippen molar-refractivity contribution in [3.63, 3.8) is 0 Å². The fourth-order valence-electron chi connectivity index (χ4n) is 2.45. The van der Waals surface area contributed by atoms with Crippen LogP contribution in [0.25, 0.3) is 0 Å². The Morgan fingerprint density at radius 3 is 3.00 bits per heavy atom. The van der Waals surface area contributed by atoms with E-state index in [1.54, 1.807) is 0 Å². The van der Waals surface area contributed by atoms with Crippen molar-refractivity contribution in [2.45, 2.75) is 56.4 Å². The second kappa shape index (κ2) is 6.12. The minimum Gasteiger partial charge on any atom is -0.378 e. The van der Waals surface area contributed by atoms with Crippen LogP contribution in [0.1, 0.15) is 39.0 Å². The fourth-order valence-corrected chi connectivity index (χ4v) is 3.70. The average Bonchev–Trinajstić information content (AvgIpc) is 2.28. The van der Waals surface area contributed by atoms with E-state index in [2.05, 4.69) is 24.0 Å². The maximum Gasteiger partial charge on any atom is 0.0561 e. The normalized spacial score (nSPS) is 37.8. The molecule has 0 aromatic carbocycles. The minimum absolute atomic E-state index is 0.454. The number of nitrogens with one attached hydrogen (secondary N) is 1. The molecule has 2 heterocycles. The van der Waals surface area contributed by atoms with Gasteiger partial charge in [0.25, 0.3) is 0 Å². The van der Waals surface area contributed by atoms with Crippen molar-refractivity contribution in [2.75, 3.05) is 18.9 Å². The third kappa shape index (κ3) is 3.97. The van der Waals surface area contributed by atoms with Gasteiger partial charge >= 0.3 is 0 Å². The molecule has 0 spiro atoms. The van der Waals surface area contributed by atoms with E-state index < -0.39 is 0 Å². The van der Waals surface area contributed by atoms with E-state index in [0.29, 0.717) is 12.1 Å². The Balaban J connectivity index is 1.63. The molecule has 2 saturated heterocycles. The maximum absolute atomic E-state index is 5.55. The van der Waals surface area contributed by atoms with Gasteiger partial charge in [0.15, 0.2) is 0 Å². The summed E-state index contributed by atoms with van der Waals surface area (Å²) in [6, 6.07) is 0.705. The van der Waals surface area contributed by atoms with Crippen LogP contribution in [0, 0.1) is 0 Å². The molecule has 2 nitrogen and oxygen atoms in total. The van der Waals surface area contributed by atoms with E-state index in [1.807, 2.05) is 0 Å². The van der Waals surface area contributed by atoms with Crippen molar-refractivity contribution in [3.8, 4) is 0 Å². The Labute approximate surface area is 97.5 Å². The van der Waals surface area contributed by atoms with Crippen LogP contribution >= 0.6 is 11.8 Å². The van der Waals surface area contributed by atoms with E-state index >= 15 is 0 Å². The molecule has 1 N–H and O–H groups in total. The van der Waals surface area contributed by atoms with Crippen molar-refractivity contribution >= 4 is 11.8 Å². The lowest BCUT2D eigenvalue weighted by molar-refractivity contribution is 0.0134. The van der Waals surface area contributed by atoms with Crippen LogP contribution < -0.4 is 5.32 Å². The smallest absolute Gasteiger partial charge is 0.0561 e.